The number of hydrogen-bond acceptors (Lipinski definition) is 4. The average Bonchev–Trinajstić information content (AvgIpc) is 3.33. The Kier molecular flexibility index (Phi) is 6.08. The van der Waals surface area contributed by atoms with Gasteiger partial charge >= 0.3 is 0 Å². The lowest BCUT2D eigenvalue weighted by Crippen LogP contribution is -2.16. The Labute approximate surface area is 174 Å². The van der Waals surface area contributed by atoms with E-state index in [-0.39, 0.29) is 17.7 Å². The Morgan fingerprint density at radius 1 is 1.14 bits per heavy atom. The minimum Gasteiger partial charge on any atom is -0.376 e. The second kappa shape index (κ2) is 8.71. The quantitative estimate of drug-likeness (QED) is 0.453. The highest BCUT2D eigenvalue weighted by Gasteiger charge is 2.22. The zero-order valence-electron chi connectivity index (χ0n) is 14.9. The van der Waals surface area contributed by atoms with E-state index in [0.717, 1.165) is 25.0 Å². The molecule has 1 unspecified atom stereocenters. The van der Waals surface area contributed by atoms with Gasteiger partial charge in [0.15, 0.2) is 11.0 Å². The summed E-state index contributed by atoms with van der Waals surface area (Å²) in [7, 11) is 0. The lowest BCUT2D eigenvalue weighted by Gasteiger charge is -2.15. The molecule has 28 heavy (non-hydrogen) atoms. The van der Waals surface area contributed by atoms with Crippen LogP contribution in [0.25, 0.3) is 11.4 Å². The molecular formula is C20H18BrF2N3OS. The van der Waals surface area contributed by atoms with Gasteiger partial charge in [0.1, 0.15) is 11.6 Å². The van der Waals surface area contributed by atoms with Crippen molar-refractivity contribution in [3.05, 3.63) is 64.1 Å². The first-order valence-corrected chi connectivity index (χ1v) is 10.8. The number of hydrogen-bond donors (Lipinski definition) is 0. The smallest absolute Gasteiger partial charge is 0.191 e. The maximum atomic E-state index is 14.1. The molecule has 1 aromatic heterocycles. The molecule has 0 saturated carbocycles. The molecule has 0 amide bonds. The average molecular weight is 466 g/mol. The number of halogens is 3. The SMILES string of the molecule is Fc1ccc(-c2nnc(SCc3ccc(Br)cc3F)n2CC2CCCO2)cc1. The zero-order valence-corrected chi connectivity index (χ0v) is 17.3. The van der Waals surface area contributed by atoms with Crippen molar-refractivity contribution in [2.24, 2.45) is 0 Å². The van der Waals surface area contributed by atoms with E-state index in [4.69, 9.17) is 4.74 Å². The third-order valence-electron chi connectivity index (χ3n) is 4.60. The molecule has 0 spiro atoms. The van der Waals surface area contributed by atoms with Gasteiger partial charge in [-0.3, -0.25) is 4.57 Å². The number of benzene rings is 2. The first kappa shape index (κ1) is 19.5. The van der Waals surface area contributed by atoms with Gasteiger partial charge in [0, 0.05) is 22.4 Å². The topological polar surface area (TPSA) is 39.9 Å². The van der Waals surface area contributed by atoms with Crippen LogP contribution in [0.3, 0.4) is 0 Å². The van der Waals surface area contributed by atoms with Gasteiger partial charge in [0.25, 0.3) is 0 Å². The van der Waals surface area contributed by atoms with Crippen molar-refractivity contribution in [2.75, 3.05) is 6.61 Å². The first-order chi connectivity index (χ1) is 13.6. The molecule has 1 saturated heterocycles. The normalized spacial score (nSPS) is 16.6. The number of rotatable bonds is 6. The number of nitrogens with zero attached hydrogens (tertiary/aromatic N) is 3. The predicted molar refractivity (Wildman–Crippen MR) is 108 cm³/mol. The van der Waals surface area contributed by atoms with Gasteiger partial charge in [-0.1, -0.05) is 33.8 Å². The molecule has 1 aliphatic heterocycles. The van der Waals surface area contributed by atoms with Crippen LogP contribution in [0.2, 0.25) is 0 Å². The summed E-state index contributed by atoms with van der Waals surface area (Å²) in [5.74, 6) is 0.543. The summed E-state index contributed by atoms with van der Waals surface area (Å²) in [4.78, 5) is 0. The summed E-state index contributed by atoms with van der Waals surface area (Å²) in [6, 6.07) is 11.2. The summed E-state index contributed by atoms with van der Waals surface area (Å²) in [6.07, 6.45) is 2.11. The summed E-state index contributed by atoms with van der Waals surface area (Å²) in [5.41, 5.74) is 1.39. The van der Waals surface area contributed by atoms with E-state index < -0.39 is 0 Å². The van der Waals surface area contributed by atoms with Crippen LogP contribution in [0.1, 0.15) is 18.4 Å². The van der Waals surface area contributed by atoms with Crippen molar-refractivity contribution in [3.8, 4) is 11.4 Å². The molecule has 1 aliphatic rings. The van der Waals surface area contributed by atoms with E-state index in [1.807, 2.05) is 10.6 Å². The van der Waals surface area contributed by atoms with Crippen LogP contribution in [0.4, 0.5) is 8.78 Å². The molecular weight excluding hydrogens is 448 g/mol. The molecule has 0 radical (unpaired) electrons. The molecule has 0 bridgehead atoms. The Balaban J connectivity index is 1.61. The van der Waals surface area contributed by atoms with Crippen LogP contribution in [-0.4, -0.2) is 27.5 Å². The molecule has 0 aliphatic carbocycles. The summed E-state index contributed by atoms with van der Waals surface area (Å²) < 4.78 is 35.9. The van der Waals surface area contributed by atoms with Crippen LogP contribution in [0.5, 0.6) is 0 Å². The standard InChI is InChI=1S/C20H18BrF2N3OS/c21-15-6-3-14(18(23)10-15)12-28-20-25-24-19(13-4-7-16(22)8-5-13)26(20)11-17-2-1-9-27-17/h3-8,10,17H,1-2,9,11-12H2. The monoisotopic (exact) mass is 465 g/mol. The Morgan fingerprint density at radius 3 is 2.68 bits per heavy atom. The molecule has 4 nitrogen and oxygen atoms in total. The zero-order chi connectivity index (χ0) is 19.5. The van der Waals surface area contributed by atoms with Gasteiger partial charge < -0.3 is 4.74 Å². The van der Waals surface area contributed by atoms with Crippen molar-refractivity contribution in [1.29, 1.82) is 0 Å². The molecule has 4 rings (SSSR count). The van der Waals surface area contributed by atoms with Crippen LogP contribution in [0, 0.1) is 11.6 Å². The summed E-state index contributed by atoms with van der Waals surface area (Å²) >= 11 is 4.70. The van der Waals surface area contributed by atoms with Gasteiger partial charge in [-0.2, -0.15) is 0 Å². The van der Waals surface area contributed by atoms with Crippen molar-refractivity contribution in [3.63, 3.8) is 0 Å². The lowest BCUT2D eigenvalue weighted by atomic mass is 10.2. The lowest BCUT2D eigenvalue weighted by molar-refractivity contribution is 0.0953. The van der Waals surface area contributed by atoms with Crippen LogP contribution < -0.4 is 0 Å². The van der Waals surface area contributed by atoms with E-state index in [2.05, 4.69) is 26.1 Å². The summed E-state index contributed by atoms with van der Waals surface area (Å²) in [6.45, 7) is 1.37. The molecule has 146 valence electrons. The van der Waals surface area contributed by atoms with Gasteiger partial charge in [-0.15, -0.1) is 10.2 Å². The van der Waals surface area contributed by atoms with Crippen LogP contribution >= 0.6 is 27.7 Å². The van der Waals surface area contributed by atoms with Crippen molar-refractivity contribution in [1.82, 2.24) is 14.8 Å². The highest BCUT2D eigenvalue weighted by atomic mass is 79.9. The number of ether oxygens (including phenoxy) is 1. The molecule has 2 heterocycles. The largest absolute Gasteiger partial charge is 0.376 e. The van der Waals surface area contributed by atoms with E-state index in [9.17, 15) is 8.78 Å². The van der Waals surface area contributed by atoms with Gasteiger partial charge in [0.05, 0.1) is 12.6 Å². The Hall–Kier alpha value is -1.77. The maximum absolute atomic E-state index is 14.1. The second-order valence-corrected chi connectivity index (χ2v) is 8.44. The summed E-state index contributed by atoms with van der Waals surface area (Å²) in [5, 5.41) is 9.33. The minimum absolute atomic E-state index is 0.0963. The van der Waals surface area contributed by atoms with Gasteiger partial charge in [-0.25, -0.2) is 8.78 Å². The first-order valence-electron chi connectivity index (χ1n) is 8.97. The fourth-order valence-corrected chi connectivity index (χ4v) is 4.41. The Bertz CT molecular complexity index is 959. The molecule has 8 heteroatoms. The van der Waals surface area contributed by atoms with E-state index in [1.54, 1.807) is 18.2 Å². The fraction of sp³-hybridized carbons (Fsp3) is 0.300. The third-order valence-corrected chi connectivity index (χ3v) is 6.11. The van der Waals surface area contributed by atoms with Crippen LogP contribution in [0.15, 0.2) is 52.1 Å². The van der Waals surface area contributed by atoms with E-state index >= 15 is 0 Å². The van der Waals surface area contributed by atoms with E-state index in [0.29, 0.717) is 33.3 Å². The highest BCUT2D eigenvalue weighted by molar-refractivity contribution is 9.10. The minimum atomic E-state index is -0.297. The number of aromatic nitrogens is 3. The molecule has 1 atom stereocenters. The van der Waals surface area contributed by atoms with Crippen LogP contribution in [-0.2, 0) is 17.0 Å². The van der Waals surface area contributed by atoms with Gasteiger partial charge in [0.2, 0.25) is 0 Å². The third kappa shape index (κ3) is 4.45. The van der Waals surface area contributed by atoms with E-state index in [1.165, 1.54) is 30.0 Å². The molecule has 2 aromatic carbocycles. The van der Waals surface area contributed by atoms with Crippen molar-refractivity contribution >= 4 is 27.7 Å². The highest BCUT2D eigenvalue weighted by Crippen LogP contribution is 2.29. The maximum Gasteiger partial charge on any atom is 0.191 e. The second-order valence-electron chi connectivity index (χ2n) is 6.58. The predicted octanol–water partition coefficient (Wildman–Crippen LogP) is 5.46. The van der Waals surface area contributed by atoms with Gasteiger partial charge in [-0.05, 0) is 54.8 Å². The fourth-order valence-electron chi connectivity index (χ4n) is 3.15. The Morgan fingerprint density at radius 2 is 1.96 bits per heavy atom. The molecule has 3 aromatic rings. The van der Waals surface area contributed by atoms with Crippen molar-refractivity contribution in [2.45, 2.75) is 36.4 Å². The number of thioether (sulfide) groups is 1. The van der Waals surface area contributed by atoms with Crippen molar-refractivity contribution < 1.29 is 13.5 Å². The molecule has 0 N–H and O–H groups in total. The molecule has 1 fully saturated rings.